The molecule has 4 heteroatoms. The van der Waals surface area contributed by atoms with Crippen molar-refractivity contribution >= 4 is 34.5 Å². The molecule has 20 heavy (non-hydrogen) atoms. The summed E-state index contributed by atoms with van der Waals surface area (Å²) in [7, 11) is 0. The summed E-state index contributed by atoms with van der Waals surface area (Å²) in [5.41, 5.74) is 2.02. The Labute approximate surface area is 129 Å². The molecular weight excluding hydrogens is 290 g/mol. The smallest absolute Gasteiger partial charge is 0.242 e. The minimum Gasteiger partial charge on any atom is -0.306 e. The largest absolute Gasteiger partial charge is 0.306 e. The van der Waals surface area contributed by atoms with Gasteiger partial charge in [0.2, 0.25) is 5.91 Å². The average Bonchev–Trinajstić information content (AvgIpc) is 2.92. The number of hydrogen-bond acceptors (Lipinski definition) is 2. The number of carbonyl (C=O) groups is 1. The van der Waals surface area contributed by atoms with Gasteiger partial charge in [0, 0.05) is 15.4 Å². The predicted octanol–water partition coefficient (Wildman–Crippen LogP) is 4.39. The van der Waals surface area contributed by atoms with Gasteiger partial charge in [0.05, 0.1) is 6.54 Å². The van der Waals surface area contributed by atoms with Crippen molar-refractivity contribution in [3.05, 3.63) is 51.7 Å². The van der Waals surface area contributed by atoms with E-state index in [1.165, 1.54) is 9.75 Å². The second-order valence-corrected chi connectivity index (χ2v) is 6.14. The number of anilines is 1. The predicted molar refractivity (Wildman–Crippen MR) is 86.8 cm³/mol. The van der Waals surface area contributed by atoms with E-state index >= 15 is 0 Å². The second-order valence-electron chi connectivity index (χ2n) is 4.62. The van der Waals surface area contributed by atoms with E-state index in [1.54, 1.807) is 16.2 Å². The third-order valence-electron chi connectivity index (χ3n) is 3.20. The molecule has 1 heterocycles. The first-order valence-corrected chi connectivity index (χ1v) is 8.00. The fourth-order valence-electron chi connectivity index (χ4n) is 2.10. The molecule has 0 aliphatic rings. The molecule has 106 valence electrons. The maximum absolute atomic E-state index is 12.1. The van der Waals surface area contributed by atoms with E-state index in [0.717, 1.165) is 17.7 Å². The molecule has 0 radical (unpaired) electrons. The Balaban J connectivity index is 2.29. The highest BCUT2D eigenvalue weighted by Crippen LogP contribution is 2.25. The Morgan fingerprint density at radius 1 is 1.20 bits per heavy atom. The maximum atomic E-state index is 12.1. The Morgan fingerprint density at radius 3 is 2.50 bits per heavy atom. The molecular formula is C16H18ClNOS. The van der Waals surface area contributed by atoms with Crippen molar-refractivity contribution < 1.29 is 4.79 Å². The molecule has 0 saturated heterocycles. The highest BCUT2D eigenvalue weighted by Gasteiger charge is 2.17. The molecule has 0 saturated carbocycles. The monoisotopic (exact) mass is 307 g/mol. The number of nitrogens with zero attached hydrogens (tertiary/aromatic N) is 1. The normalized spacial score (nSPS) is 10.6. The highest BCUT2D eigenvalue weighted by molar-refractivity contribution is 7.12. The summed E-state index contributed by atoms with van der Waals surface area (Å²) in [5, 5.41) is 0. The summed E-state index contributed by atoms with van der Waals surface area (Å²) >= 11 is 7.51. The van der Waals surface area contributed by atoms with Gasteiger partial charge in [0.15, 0.2) is 0 Å². The van der Waals surface area contributed by atoms with Crippen LogP contribution in [0.5, 0.6) is 0 Å². The highest BCUT2D eigenvalue weighted by atomic mass is 35.5. The third kappa shape index (κ3) is 3.41. The van der Waals surface area contributed by atoms with Crippen LogP contribution in [0.15, 0.2) is 36.4 Å². The van der Waals surface area contributed by atoms with Crippen molar-refractivity contribution in [2.75, 3.05) is 10.8 Å². The molecule has 1 aromatic heterocycles. The van der Waals surface area contributed by atoms with Crippen LogP contribution in [0.1, 0.15) is 22.2 Å². The first-order valence-electron chi connectivity index (χ1n) is 6.65. The van der Waals surface area contributed by atoms with Crippen LogP contribution in [-0.4, -0.2) is 11.8 Å². The van der Waals surface area contributed by atoms with Gasteiger partial charge in [-0.15, -0.1) is 22.9 Å². The summed E-state index contributed by atoms with van der Waals surface area (Å²) in [6.07, 6.45) is 1.03. The molecule has 1 amide bonds. The number of amides is 1. The first kappa shape index (κ1) is 15.1. The number of benzene rings is 1. The van der Waals surface area contributed by atoms with Crippen LogP contribution >= 0.6 is 22.9 Å². The van der Waals surface area contributed by atoms with Crippen molar-refractivity contribution in [2.45, 2.75) is 26.8 Å². The minimum atomic E-state index is -0.0626. The molecule has 0 spiro atoms. The zero-order valence-corrected chi connectivity index (χ0v) is 13.3. The second kappa shape index (κ2) is 6.91. The van der Waals surface area contributed by atoms with E-state index in [9.17, 15) is 4.79 Å². The van der Waals surface area contributed by atoms with E-state index in [2.05, 4.69) is 19.1 Å². The molecule has 0 aliphatic heterocycles. The van der Waals surface area contributed by atoms with Gasteiger partial charge in [-0.3, -0.25) is 4.79 Å². The van der Waals surface area contributed by atoms with Gasteiger partial charge in [-0.25, -0.2) is 0 Å². The minimum absolute atomic E-state index is 0.000342. The lowest BCUT2D eigenvalue weighted by Gasteiger charge is -2.23. The van der Waals surface area contributed by atoms with Gasteiger partial charge in [-0.1, -0.05) is 25.1 Å². The first-order chi connectivity index (χ1) is 9.65. The molecule has 1 aromatic carbocycles. The Morgan fingerprint density at radius 2 is 1.90 bits per heavy atom. The van der Waals surface area contributed by atoms with Crippen molar-refractivity contribution in [3.8, 4) is 0 Å². The Hall–Kier alpha value is -1.32. The zero-order valence-electron chi connectivity index (χ0n) is 11.7. The number of halogens is 1. The number of thiophene rings is 1. The SMILES string of the molecule is CCc1ccc(CN(C(=O)CCl)c2ccccc2C)s1. The quantitative estimate of drug-likeness (QED) is 0.750. The van der Waals surface area contributed by atoms with E-state index in [1.807, 2.05) is 31.2 Å². The topological polar surface area (TPSA) is 20.3 Å². The number of para-hydroxylation sites is 1. The fraction of sp³-hybridized carbons (Fsp3) is 0.312. The van der Waals surface area contributed by atoms with Gasteiger partial charge in [0.25, 0.3) is 0 Å². The lowest BCUT2D eigenvalue weighted by Crippen LogP contribution is -2.31. The lowest BCUT2D eigenvalue weighted by atomic mass is 10.1. The summed E-state index contributed by atoms with van der Waals surface area (Å²) < 4.78 is 0. The average molecular weight is 308 g/mol. The van der Waals surface area contributed by atoms with Crippen LogP contribution in [0.4, 0.5) is 5.69 Å². The zero-order chi connectivity index (χ0) is 14.5. The van der Waals surface area contributed by atoms with E-state index < -0.39 is 0 Å². The molecule has 0 aliphatic carbocycles. The third-order valence-corrected chi connectivity index (χ3v) is 4.64. The van der Waals surface area contributed by atoms with Crippen LogP contribution in [0.2, 0.25) is 0 Å². The van der Waals surface area contributed by atoms with Gasteiger partial charge in [-0.2, -0.15) is 0 Å². The Kier molecular flexibility index (Phi) is 5.21. The van der Waals surface area contributed by atoms with Gasteiger partial charge < -0.3 is 4.90 Å². The van der Waals surface area contributed by atoms with Crippen LogP contribution in [-0.2, 0) is 17.8 Å². The summed E-state index contributed by atoms with van der Waals surface area (Å²) in [6.45, 7) is 4.73. The summed E-state index contributed by atoms with van der Waals surface area (Å²) in [6, 6.07) is 12.1. The van der Waals surface area contributed by atoms with Crippen molar-refractivity contribution in [1.29, 1.82) is 0 Å². The summed E-state index contributed by atoms with van der Waals surface area (Å²) in [5.74, 6) is -0.0622. The van der Waals surface area contributed by atoms with E-state index in [0.29, 0.717) is 6.54 Å². The van der Waals surface area contributed by atoms with Crippen LogP contribution in [0.3, 0.4) is 0 Å². The van der Waals surface area contributed by atoms with Crippen LogP contribution in [0, 0.1) is 6.92 Å². The Bertz CT molecular complexity index is 594. The molecule has 0 atom stereocenters. The van der Waals surface area contributed by atoms with Crippen LogP contribution < -0.4 is 4.90 Å². The molecule has 0 unspecified atom stereocenters. The number of rotatable bonds is 5. The van der Waals surface area contributed by atoms with E-state index in [-0.39, 0.29) is 11.8 Å². The van der Waals surface area contributed by atoms with Gasteiger partial charge in [-0.05, 0) is 37.1 Å². The lowest BCUT2D eigenvalue weighted by molar-refractivity contribution is -0.116. The standard InChI is InChI=1S/C16H18ClNOS/c1-3-13-8-9-14(20-13)11-18(16(19)10-17)15-7-5-4-6-12(15)2/h4-9H,3,10-11H2,1-2H3. The summed E-state index contributed by atoms with van der Waals surface area (Å²) in [4.78, 5) is 16.4. The molecule has 2 rings (SSSR count). The number of hydrogen-bond donors (Lipinski definition) is 0. The number of aryl methyl sites for hydroxylation is 2. The van der Waals surface area contributed by atoms with Crippen LogP contribution in [0.25, 0.3) is 0 Å². The molecule has 0 bridgehead atoms. The molecule has 2 aromatic rings. The van der Waals surface area contributed by atoms with E-state index in [4.69, 9.17) is 11.6 Å². The van der Waals surface area contributed by atoms with Gasteiger partial charge >= 0.3 is 0 Å². The van der Waals surface area contributed by atoms with Crippen molar-refractivity contribution in [2.24, 2.45) is 0 Å². The maximum Gasteiger partial charge on any atom is 0.242 e. The fourth-order valence-corrected chi connectivity index (χ4v) is 3.19. The number of carbonyl (C=O) groups excluding carboxylic acids is 1. The molecule has 0 N–H and O–H groups in total. The van der Waals surface area contributed by atoms with Gasteiger partial charge in [0.1, 0.15) is 5.88 Å². The molecule has 2 nitrogen and oxygen atoms in total. The number of alkyl halides is 1. The van der Waals surface area contributed by atoms with Crippen molar-refractivity contribution in [3.63, 3.8) is 0 Å². The van der Waals surface area contributed by atoms with Crippen molar-refractivity contribution in [1.82, 2.24) is 0 Å². The molecule has 0 fully saturated rings.